The lowest BCUT2D eigenvalue weighted by Crippen LogP contribution is -2.49. The highest BCUT2D eigenvalue weighted by molar-refractivity contribution is 6.75. The molecule has 1 rings (SSSR count). The zero-order chi connectivity index (χ0) is 30.3. The van der Waals surface area contributed by atoms with Gasteiger partial charge >= 0.3 is 0 Å². The summed E-state index contributed by atoms with van der Waals surface area (Å²) >= 11 is 0. The predicted octanol–water partition coefficient (Wildman–Crippen LogP) is 9.65. The smallest absolute Gasteiger partial charge is 0.208 e. The van der Waals surface area contributed by atoms with Crippen LogP contribution in [-0.4, -0.2) is 45.1 Å². The van der Waals surface area contributed by atoms with Crippen LogP contribution >= 0.6 is 0 Å². The fraction of sp³-hybridized carbons (Fsp3) is 0.971. The number of hydroxylamine groups is 1. The fourth-order valence-corrected chi connectivity index (χ4v) is 6.48. The first-order valence-electron chi connectivity index (χ1n) is 17.9. The molecular formula is C35H69BNO4. The molecule has 1 heterocycles. The van der Waals surface area contributed by atoms with Crippen molar-refractivity contribution < 1.29 is 19.1 Å². The van der Waals surface area contributed by atoms with Gasteiger partial charge in [0.15, 0.2) is 6.29 Å². The average molecular weight is 579 g/mol. The molecule has 0 saturated carbocycles. The van der Waals surface area contributed by atoms with Gasteiger partial charge in [-0.25, -0.2) is 5.48 Å². The maximum absolute atomic E-state index is 13.2. The van der Waals surface area contributed by atoms with Crippen LogP contribution < -0.4 is 5.48 Å². The predicted molar refractivity (Wildman–Crippen MR) is 175 cm³/mol. The van der Waals surface area contributed by atoms with Crippen molar-refractivity contribution in [2.75, 3.05) is 13.7 Å². The number of carbonyl (C=O) groups is 1. The Kier molecular flexibility index (Phi) is 23.5. The molecule has 1 radical (unpaired) electrons. The molecule has 1 aliphatic rings. The summed E-state index contributed by atoms with van der Waals surface area (Å²) in [6.45, 7) is 14.3. The van der Waals surface area contributed by atoms with Crippen LogP contribution in [0.15, 0.2) is 0 Å². The second-order valence-electron chi connectivity index (χ2n) is 13.1. The third kappa shape index (κ3) is 17.5. The third-order valence-corrected chi connectivity index (χ3v) is 9.23. The molecule has 0 aromatic carbocycles. The molecule has 1 aliphatic heterocycles. The quantitative estimate of drug-likeness (QED) is 0.0597. The van der Waals surface area contributed by atoms with E-state index in [1.54, 1.807) is 7.05 Å². The van der Waals surface area contributed by atoms with Gasteiger partial charge in [0.1, 0.15) is 6.10 Å². The number of rotatable bonds is 27. The van der Waals surface area contributed by atoms with E-state index in [-0.39, 0.29) is 30.0 Å². The Balaban J connectivity index is 2.61. The molecule has 7 unspecified atom stereocenters. The lowest BCUT2D eigenvalue weighted by Gasteiger charge is -2.41. The summed E-state index contributed by atoms with van der Waals surface area (Å²) < 4.78 is 12.9. The van der Waals surface area contributed by atoms with Crippen molar-refractivity contribution in [2.45, 2.75) is 188 Å². The molecule has 1 saturated heterocycles. The highest BCUT2D eigenvalue weighted by Crippen LogP contribution is 2.35. The maximum atomic E-state index is 13.2. The molecule has 6 heteroatoms. The molecule has 1 N–H and O–H groups in total. The second-order valence-corrected chi connectivity index (χ2v) is 13.1. The lowest BCUT2D eigenvalue weighted by atomic mass is 9.54. The molecule has 41 heavy (non-hydrogen) atoms. The van der Waals surface area contributed by atoms with Crippen LogP contribution in [0.2, 0.25) is 5.82 Å². The maximum Gasteiger partial charge on any atom is 0.208 e. The van der Waals surface area contributed by atoms with Crippen LogP contribution in [0.1, 0.15) is 164 Å². The Hall–Kier alpha value is -0.425. The molecule has 241 valence electrons. The Morgan fingerprint density at radius 1 is 0.878 bits per heavy atom. The topological polar surface area (TPSA) is 56.8 Å². The van der Waals surface area contributed by atoms with Crippen LogP contribution in [0.4, 0.5) is 0 Å². The van der Waals surface area contributed by atoms with Gasteiger partial charge in [-0.1, -0.05) is 144 Å². The Morgan fingerprint density at radius 2 is 1.51 bits per heavy atom. The Morgan fingerprint density at radius 3 is 2.12 bits per heavy atom. The van der Waals surface area contributed by atoms with E-state index in [2.05, 4.69) is 47.0 Å². The van der Waals surface area contributed by atoms with Crippen molar-refractivity contribution in [3.05, 3.63) is 0 Å². The molecular weight excluding hydrogens is 509 g/mol. The van der Waals surface area contributed by atoms with Crippen molar-refractivity contribution in [3.63, 3.8) is 0 Å². The first-order chi connectivity index (χ1) is 19.9. The van der Waals surface area contributed by atoms with Crippen LogP contribution in [0.3, 0.4) is 0 Å². The van der Waals surface area contributed by atoms with E-state index in [1.165, 1.54) is 83.5 Å². The van der Waals surface area contributed by atoms with Gasteiger partial charge in [0.25, 0.3) is 0 Å². The van der Waals surface area contributed by atoms with E-state index in [4.69, 9.17) is 14.3 Å². The van der Waals surface area contributed by atoms with E-state index in [9.17, 15) is 4.79 Å². The summed E-state index contributed by atoms with van der Waals surface area (Å²) in [5.41, 5.74) is 3.15. The summed E-state index contributed by atoms with van der Waals surface area (Å²) in [4.78, 5) is 19.2. The average Bonchev–Trinajstić information content (AvgIpc) is 2.95. The van der Waals surface area contributed by atoms with E-state index >= 15 is 0 Å². The van der Waals surface area contributed by atoms with Crippen LogP contribution in [0, 0.1) is 17.8 Å². The van der Waals surface area contributed by atoms with Gasteiger partial charge in [0.05, 0.1) is 18.4 Å². The van der Waals surface area contributed by atoms with Crippen LogP contribution in [-0.2, 0) is 19.1 Å². The van der Waals surface area contributed by atoms with Crippen molar-refractivity contribution in [1.82, 2.24) is 5.48 Å². The number of ether oxygens (including phenoxy) is 2. The van der Waals surface area contributed by atoms with E-state index in [0.29, 0.717) is 37.2 Å². The first-order valence-corrected chi connectivity index (χ1v) is 17.9. The number of unbranched alkanes of at least 4 members (excludes halogenated alkanes) is 10. The molecule has 0 aromatic rings. The van der Waals surface area contributed by atoms with E-state index in [1.807, 2.05) is 7.28 Å². The number of nitrogens with one attached hydrogen (secondary N) is 1. The summed E-state index contributed by atoms with van der Waals surface area (Å²) in [6, 6.07) is 0. The van der Waals surface area contributed by atoms with Crippen LogP contribution in [0.5, 0.6) is 0 Å². The van der Waals surface area contributed by atoms with Crippen LogP contribution in [0.25, 0.3) is 0 Å². The number of hydrogen-bond donors (Lipinski definition) is 1. The molecule has 1 fully saturated rings. The highest BCUT2D eigenvalue weighted by atomic mass is 16.7. The van der Waals surface area contributed by atoms with Gasteiger partial charge in [-0.3, -0.25) is 4.84 Å². The lowest BCUT2D eigenvalue weighted by molar-refractivity contribution is -0.243. The minimum atomic E-state index is -0.284. The van der Waals surface area contributed by atoms with Crippen molar-refractivity contribution >= 4 is 13.0 Å². The minimum Gasteiger partial charge on any atom is -0.352 e. The van der Waals surface area contributed by atoms with Gasteiger partial charge < -0.3 is 14.3 Å². The molecule has 7 atom stereocenters. The molecule has 0 spiro atoms. The second kappa shape index (κ2) is 25.0. The fourth-order valence-electron chi connectivity index (χ4n) is 6.48. The third-order valence-electron chi connectivity index (χ3n) is 9.23. The van der Waals surface area contributed by atoms with Gasteiger partial charge in [-0.05, 0) is 42.8 Å². The zero-order valence-electron chi connectivity index (χ0n) is 28.4. The standard InChI is InChI=1S/C35H69BNO4/c1-8-12-15-16-17-18-19-20-21-22-28(5)25-33(38)36-31-26-34(39-27-29(6)30(11-4)23-13-9-2)40-32(24-14-10-3)35(31)41-37-7/h28-32,34-35,37H,8-27H2,1-7H3. The van der Waals surface area contributed by atoms with E-state index < -0.39 is 0 Å². The van der Waals surface area contributed by atoms with Crippen molar-refractivity contribution in [3.8, 4) is 0 Å². The summed E-state index contributed by atoms with van der Waals surface area (Å²) in [5, 5.41) is 0. The summed E-state index contributed by atoms with van der Waals surface area (Å²) in [7, 11) is 3.75. The van der Waals surface area contributed by atoms with Gasteiger partial charge in [-0.15, -0.1) is 0 Å². The number of carbonyl (C=O) groups excluding carboxylic acids is 1. The van der Waals surface area contributed by atoms with E-state index in [0.717, 1.165) is 25.7 Å². The zero-order valence-corrected chi connectivity index (χ0v) is 28.4. The van der Waals surface area contributed by atoms with Gasteiger partial charge in [-0.2, -0.15) is 0 Å². The Labute approximate surface area is 256 Å². The SMILES string of the molecule is CCCCCCCCCCCC(C)CC(=O)[B]C1CC(OCC(C)C(CC)CCCC)OC(CCCC)C1ONC. The normalized spacial score (nSPS) is 23.3. The highest BCUT2D eigenvalue weighted by Gasteiger charge is 2.41. The van der Waals surface area contributed by atoms with Crippen molar-refractivity contribution in [1.29, 1.82) is 0 Å². The number of hydrogen-bond acceptors (Lipinski definition) is 5. The summed E-state index contributed by atoms with van der Waals surface area (Å²) in [5.74, 6) is 1.60. The largest absolute Gasteiger partial charge is 0.352 e. The first kappa shape index (κ1) is 38.6. The van der Waals surface area contributed by atoms with Crippen molar-refractivity contribution in [2.24, 2.45) is 17.8 Å². The molecule has 5 nitrogen and oxygen atoms in total. The molecule has 0 bridgehead atoms. The monoisotopic (exact) mass is 579 g/mol. The molecule has 0 aliphatic carbocycles. The molecule has 0 amide bonds. The van der Waals surface area contributed by atoms with Gasteiger partial charge in [0, 0.05) is 7.05 Å². The summed E-state index contributed by atoms with van der Waals surface area (Å²) in [6.07, 6.45) is 22.0. The molecule has 0 aromatic heterocycles. The minimum absolute atomic E-state index is 0.00664. The van der Waals surface area contributed by atoms with Gasteiger partial charge in [0.2, 0.25) is 7.28 Å². The Bertz CT molecular complexity index is 621.